The molecule has 4 aromatic rings. The Morgan fingerprint density at radius 1 is 0.554 bits per heavy atom. The number of carbonyl (C=O) groups excluding carboxylic acids is 4. The van der Waals surface area contributed by atoms with E-state index in [0.717, 1.165) is 49.0 Å². The summed E-state index contributed by atoms with van der Waals surface area (Å²) in [7, 11) is 0. The van der Waals surface area contributed by atoms with Gasteiger partial charge in [0.15, 0.2) is 0 Å². The summed E-state index contributed by atoms with van der Waals surface area (Å²) < 4.78 is 33.2. The molecular weight excluding hydrogens is 716 g/mol. The van der Waals surface area contributed by atoms with E-state index in [1.54, 1.807) is 24.3 Å². The van der Waals surface area contributed by atoms with Crippen LogP contribution in [0, 0.1) is 0 Å². The monoisotopic (exact) mass is 762 g/mol. The lowest BCUT2D eigenvalue weighted by atomic mass is 9.94. The maximum absolute atomic E-state index is 13.2. The van der Waals surface area contributed by atoms with Gasteiger partial charge in [0.1, 0.15) is 23.7 Å². The second kappa shape index (κ2) is 21.6. The topological polar surface area (TPSA) is 149 Å². The SMILES string of the molecule is C=CC(=O)OCCCCOc1ccc(-c2ccc(C(=O)O[C@@H]3CCCC[C@H]3OC(=O)c3ccc(-c4ccc(OCCCCOC(=O)C=C)cc4)nc3)cn2)cc1. The molecule has 2 aromatic heterocycles. The maximum Gasteiger partial charge on any atom is 0.340 e. The summed E-state index contributed by atoms with van der Waals surface area (Å²) in [5.41, 5.74) is 3.67. The molecule has 0 saturated heterocycles. The number of unbranched alkanes of at least 4 members (excludes halogenated alkanes) is 2. The minimum absolute atomic E-state index is 0.297. The van der Waals surface area contributed by atoms with Crippen molar-refractivity contribution in [3.8, 4) is 34.0 Å². The minimum atomic E-state index is -0.586. The van der Waals surface area contributed by atoms with E-state index in [4.69, 9.17) is 28.4 Å². The second-order valence-electron chi connectivity index (χ2n) is 12.9. The number of esters is 4. The van der Waals surface area contributed by atoms with Gasteiger partial charge in [-0.2, -0.15) is 0 Å². The highest BCUT2D eigenvalue weighted by Crippen LogP contribution is 2.27. The van der Waals surface area contributed by atoms with Gasteiger partial charge in [-0.15, -0.1) is 0 Å². The van der Waals surface area contributed by atoms with E-state index in [0.29, 0.717) is 86.1 Å². The second-order valence-corrected chi connectivity index (χ2v) is 12.9. The number of carbonyl (C=O) groups is 4. The molecule has 12 heteroatoms. The highest BCUT2D eigenvalue weighted by molar-refractivity contribution is 5.90. The van der Waals surface area contributed by atoms with Crippen LogP contribution in [0.25, 0.3) is 22.5 Å². The van der Waals surface area contributed by atoms with Crippen molar-refractivity contribution in [2.24, 2.45) is 0 Å². The Balaban J connectivity index is 1.06. The zero-order valence-corrected chi connectivity index (χ0v) is 31.3. The maximum atomic E-state index is 13.2. The van der Waals surface area contributed by atoms with E-state index in [1.807, 2.05) is 48.5 Å². The Kier molecular flexibility index (Phi) is 15.7. The number of ether oxygens (including phenoxy) is 6. The first kappa shape index (κ1) is 40.9. The molecule has 2 aromatic carbocycles. The van der Waals surface area contributed by atoms with Crippen LogP contribution in [-0.4, -0.2) is 72.5 Å². The van der Waals surface area contributed by atoms with Crippen LogP contribution in [0.2, 0.25) is 0 Å². The molecule has 0 bridgehead atoms. The first-order valence-corrected chi connectivity index (χ1v) is 18.7. The predicted molar refractivity (Wildman–Crippen MR) is 208 cm³/mol. The van der Waals surface area contributed by atoms with Gasteiger partial charge in [-0.1, -0.05) is 13.2 Å². The van der Waals surface area contributed by atoms with Gasteiger partial charge < -0.3 is 28.4 Å². The number of aromatic nitrogens is 2. The van der Waals surface area contributed by atoms with Crippen molar-refractivity contribution in [1.82, 2.24) is 9.97 Å². The average Bonchev–Trinajstić information content (AvgIpc) is 3.24. The summed E-state index contributed by atoms with van der Waals surface area (Å²) in [4.78, 5) is 57.4. The summed E-state index contributed by atoms with van der Waals surface area (Å²) in [5.74, 6) is -0.520. The molecule has 2 atom stereocenters. The molecule has 0 spiro atoms. The molecule has 1 fully saturated rings. The van der Waals surface area contributed by atoms with E-state index in [2.05, 4.69) is 23.1 Å². The van der Waals surface area contributed by atoms with Gasteiger partial charge in [0.05, 0.1) is 48.9 Å². The third-order valence-corrected chi connectivity index (χ3v) is 8.89. The number of rotatable bonds is 20. The van der Waals surface area contributed by atoms with Crippen molar-refractivity contribution in [3.05, 3.63) is 122 Å². The molecule has 292 valence electrons. The Morgan fingerprint density at radius 2 is 0.946 bits per heavy atom. The van der Waals surface area contributed by atoms with Crippen LogP contribution in [0.3, 0.4) is 0 Å². The first-order chi connectivity index (χ1) is 27.3. The van der Waals surface area contributed by atoms with Crippen LogP contribution >= 0.6 is 0 Å². The molecule has 1 aliphatic carbocycles. The quantitative estimate of drug-likeness (QED) is 0.0373. The summed E-state index contributed by atoms with van der Waals surface area (Å²) >= 11 is 0. The van der Waals surface area contributed by atoms with Crippen LogP contribution in [0.1, 0.15) is 72.1 Å². The van der Waals surface area contributed by atoms with Crippen molar-refractivity contribution in [1.29, 1.82) is 0 Å². The molecule has 56 heavy (non-hydrogen) atoms. The fraction of sp³-hybridized carbons (Fsp3) is 0.318. The molecule has 5 rings (SSSR count). The van der Waals surface area contributed by atoms with Crippen molar-refractivity contribution >= 4 is 23.9 Å². The van der Waals surface area contributed by atoms with Crippen molar-refractivity contribution in [2.45, 2.75) is 63.6 Å². The Labute approximate surface area is 326 Å². The van der Waals surface area contributed by atoms with Gasteiger partial charge in [0, 0.05) is 35.7 Å². The van der Waals surface area contributed by atoms with Gasteiger partial charge in [0.25, 0.3) is 0 Å². The fourth-order valence-corrected chi connectivity index (χ4v) is 5.81. The van der Waals surface area contributed by atoms with Gasteiger partial charge in [-0.05, 0) is 124 Å². The standard InChI is InChI=1S/C44H46N2O10/c1-3-41(47)53-27-9-7-25-51-35-19-13-31(14-20-35)37-23-17-33(29-45-37)43(49)55-39-11-5-6-12-40(39)56-44(50)34-18-24-38(46-30-34)32-15-21-36(22-16-32)52-26-8-10-28-54-42(48)4-2/h3-4,13-24,29-30,39-40H,1-2,5-12,25-28H2/t39-,40-/m1/s1. The van der Waals surface area contributed by atoms with E-state index < -0.39 is 36.1 Å². The molecule has 0 radical (unpaired) electrons. The molecule has 1 saturated carbocycles. The number of nitrogens with zero attached hydrogens (tertiary/aromatic N) is 2. The van der Waals surface area contributed by atoms with E-state index in [9.17, 15) is 19.2 Å². The predicted octanol–water partition coefficient (Wildman–Crippen LogP) is 7.91. The van der Waals surface area contributed by atoms with Crippen LogP contribution in [0.4, 0.5) is 0 Å². The summed E-state index contributed by atoms with van der Waals surface area (Å²) in [6.07, 6.45) is 9.77. The number of hydrogen-bond donors (Lipinski definition) is 0. The third kappa shape index (κ3) is 12.6. The Hall–Kier alpha value is -6.30. The first-order valence-electron chi connectivity index (χ1n) is 18.7. The van der Waals surface area contributed by atoms with Gasteiger partial charge in [0.2, 0.25) is 0 Å². The summed E-state index contributed by atoms with van der Waals surface area (Å²) in [6, 6.07) is 21.8. The van der Waals surface area contributed by atoms with E-state index in [-0.39, 0.29) is 0 Å². The Morgan fingerprint density at radius 3 is 1.30 bits per heavy atom. The van der Waals surface area contributed by atoms with Crippen LogP contribution in [0.5, 0.6) is 11.5 Å². The van der Waals surface area contributed by atoms with Gasteiger partial charge >= 0.3 is 23.9 Å². The normalized spacial score (nSPS) is 14.8. The fourth-order valence-electron chi connectivity index (χ4n) is 5.81. The molecule has 0 unspecified atom stereocenters. The van der Waals surface area contributed by atoms with E-state index in [1.165, 1.54) is 12.4 Å². The summed E-state index contributed by atoms with van der Waals surface area (Å²) in [6.45, 7) is 8.36. The zero-order chi connectivity index (χ0) is 39.5. The van der Waals surface area contributed by atoms with Crippen LogP contribution in [-0.2, 0) is 28.5 Å². The van der Waals surface area contributed by atoms with Crippen molar-refractivity contribution in [3.63, 3.8) is 0 Å². The zero-order valence-electron chi connectivity index (χ0n) is 31.3. The molecular formula is C44H46N2O10. The third-order valence-electron chi connectivity index (χ3n) is 8.89. The smallest absolute Gasteiger partial charge is 0.340 e. The van der Waals surface area contributed by atoms with E-state index >= 15 is 0 Å². The van der Waals surface area contributed by atoms with Crippen molar-refractivity contribution < 1.29 is 47.6 Å². The highest BCUT2D eigenvalue weighted by Gasteiger charge is 2.32. The van der Waals surface area contributed by atoms with Gasteiger partial charge in [-0.3, -0.25) is 9.97 Å². The molecule has 1 aliphatic rings. The number of benzene rings is 2. The van der Waals surface area contributed by atoms with Gasteiger partial charge in [-0.25, -0.2) is 19.2 Å². The summed E-state index contributed by atoms with van der Waals surface area (Å²) in [5, 5.41) is 0. The van der Waals surface area contributed by atoms with Crippen LogP contribution in [0.15, 0.2) is 111 Å². The van der Waals surface area contributed by atoms with Crippen molar-refractivity contribution in [2.75, 3.05) is 26.4 Å². The molecule has 0 amide bonds. The molecule has 12 nitrogen and oxygen atoms in total. The highest BCUT2D eigenvalue weighted by atomic mass is 16.6. The number of pyridine rings is 2. The lowest BCUT2D eigenvalue weighted by molar-refractivity contribution is -0.138. The lowest BCUT2D eigenvalue weighted by Gasteiger charge is -2.30. The molecule has 2 heterocycles. The molecule has 0 N–H and O–H groups in total. The average molecular weight is 763 g/mol. The lowest BCUT2D eigenvalue weighted by Crippen LogP contribution is -2.38. The van der Waals surface area contributed by atoms with Crippen LogP contribution < -0.4 is 9.47 Å². The largest absolute Gasteiger partial charge is 0.494 e. The number of hydrogen-bond acceptors (Lipinski definition) is 12. The molecule has 0 aliphatic heterocycles. The Bertz CT molecular complexity index is 1770. The minimum Gasteiger partial charge on any atom is -0.494 e.